The molecule has 144 valence electrons. The van der Waals surface area contributed by atoms with Gasteiger partial charge in [0.05, 0.1) is 11.3 Å². The standard InChI is InChI=1S/C27H26N2/c1-21-10-13-23(14-11-21)25-18-24(15-12-22-8-4-2-5-9-22)26(20-28)27(19-25)29-16-6-3-7-17-29/h2,4-5,8-15,18-19H,3,6-7,16-17H2,1H3/b15-12+. The van der Waals surface area contributed by atoms with E-state index in [4.69, 9.17) is 0 Å². The largest absolute Gasteiger partial charge is 0.370 e. The summed E-state index contributed by atoms with van der Waals surface area (Å²) in [5.74, 6) is 0. The van der Waals surface area contributed by atoms with E-state index in [0.717, 1.165) is 41.0 Å². The lowest BCUT2D eigenvalue weighted by Crippen LogP contribution is -2.30. The molecule has 0 spiro atoms. The second-order valence-electron chi connectivity index (χ2n) is 7.73. The lowest BCUT2D eigenvalue weighted by Gasteiger charge is -2.30. The van der Waals surface area contributed by atoms with Crippen LogP contribution in [-0.4, -0.2) is 13.1 Å². The van der Waals surface area contributed by atoms with E-state index in [2.05, 4.69) is 78.6 Å². The number of benzene rings is 3. The van der Waals surface area contributed by atoms with Crippen molar-refractivity contribution in [2.45, 2.75) is 26.2 Å². The molecule has 4 rings (SSSR count). The van der Waals surface area contributed by atoms with Crippen LogP contribution in [0, 0.1) is 18.3 Å². The van der Waals surface area contributed by atoms with E-state index in [9.17, 15) is 5.26 Å². The molecule has 1 aliphatic heterocycles. The molecule has 0 N–H and O–H groups in total. The maximum Gasteiger partial charge on any atom is 0.102 e. The van der Waals surface area contributed by atoms with Crippen molar-refractivity contribution in [2.75, 3.05) is 18.0 Å². The Hall–Kier alpha value is -3.31. The predicted molar refractivity (Wildman–Crippen MR) is 123 cm³/mol. The molecule has 3 aromatic rings. The highest BCUT2D eigenvalue weighted by Gasteiger charge is 2.18. The van der Waals surface area contributed by atoms with Gasteiger partial charge in [-0.1, -0.05) is 72.3 Å². The molecule has 1 heterocycles. The molecule has 0 aromatic heterocycles. The number of nitrogens with zero attached hydrogens (tertiary/aromatic N) is 2. The van der Waals surface area contributed by atoms with Crippen LogP contribution < -0.4 is 4.90 Å². The molecule has 29 heavy (non-hydrogen) atoms. The van der Waals surface area contributed by atoms with E-state index < -0.39 is 0 Å². The van der Waals surface area contributed by atoms with Crippen LogP contribution in [0.1, 0.15) is 41.5 Å². The molecule has 0 radical (unpaired) electrons. The average Bonchev–Trinajstić information content (AvgIpc) is 2.79. The lowest BCUT2D eigenvalue weighted by atomic mass is 9.95. The first-order valence-electron chi connectivity index (χ1n) is 10.4. The second kappa shape index (κ2) is 8.80. The predicted octanol–water partition coefficient (Wildman–Crippen LogP) is 6.69. The smallest absolute Gasteiger partial charge is 0.102 e. The molecule has 3 aromatic carbocycles. The third-order valence-corrected chi connectivity index (χ3v) is 5.60. The van der Waals surface area contributed by atoms with Crippen molar-refractivity contribution in [3.63, 3.8) is 0 Å². The molecule has 0 saturated carbocycles. The fraction of sp³-hybridized carbons (Fsp3) is 0.222. The molecule has 0 amide bonds. The summed E-state index contributed by atoms with van der Waals surface area (Å²) in [5, 5.41) is 10.0. The SMILES string of the molecule is Cc1ccc(-c2cc(/C=C/c3ccccc3)c(C#N)c(N3CCCCC3)c2)cc1. The van der Waals surface area contributed by atoms with Crippen molar-refractivity contribution in [3.8, 4) is 17.2 Å². The fourth-order valence-electron chi connectivity index (χ4n) is 3.95. The molecule has 1 saturated heterocycles. The van der Waals surface area contributed by atoms with E-state index in [0.29, 0.717) is 0 Å². The quantitative estimate of drug-likeness (QED) is 0.473. The van der Waals surface area contributed by atoms with E-state index in [1.165, 1.54) is 30.4 Å². The maximum absolute atomic E-state index is 10.0. The van der Waals surface area contributed by atoms with Gasteiger partial charge in [-0.15, -0.1) is 0 Å². The van der Waals surface area contributed by atoms with Gasteiger partial charge in [-0.25, -0.2) is 0 Å². The fourth-order valence-corrected chi connectivity index (χ4v) is 3.95. The molecular weight excluding hydrogens is 352 g/mol. The summed E-state index contributed by atoms with van der Waals surface area (Å²) in [7, 11) is 0. The second-order valence-corrected chi connectivity index (χ2v) is 7.73. The molecule has 0 bridgehead atoms. The topological polar surface area (TPSA) is 27.0 Å². The van der Waals surface area contributed by atoms with Gasteiger partial charge in [-0.05, 0) is 60.6 Å². The summed E-state index contributed by atoms with van der Waals surface area (Å²) >= 11 is 0. The summed E-state index contributed by atoms with van der Waals surface area (Å²) in [5.41, 5.74) is 7.56. The van der Waals surface area contributed by atoms with Gasteiger partial charge in [-0.2, -0.15) is 5.26 Å². The number of piperidine rings is 1. The Labute approximate surface area is 173 Å². The van der Waals surface area contributed by atoms with Crippen LogP contribution in [0.15, 0.2) is 66.7 Å². The minimum atomic E-state index is 0.773. The molecule has 2 nitrogen and oxygen atoms in total. The number of hydrogen-bond acceptors (Lipinski definition) is 2. The highest BCUT2D eigenvalue weighted by atomic mass is 15.1. The first-order valence-corrected chi connectivity index (χ1v) is 10.4. The normalized spacial score (nSPS) is 14.1. The van der Waals surface area contributed by atoms with Crippen molar-refractivity contribution >= 4 is 17.8 Å². The Balaban J connectivity index is 1.83. The van der Waals surface area contributed by atoms with Gasteiger partial charge < -0.3 is 4.90 Å². The molecule has 1 fully saturated rings. The molecule has 0 atom stereocenters. The maximum atomic E-state index is 10.0. The highest BCUT2D eigenvalue weighted by molar-refractivity contribution is 5.83. The zero-order valence-corrected chi connectivity index (χ0v) is 16.9. The summed E-state index contributed by atoms with van der Waals surface area (Å²) in [6.07, 6.45) is 7.83. The Morgan fingerprint density at radius 3 is 2.24 bits per heavy atom. The van der Waals surface area contributed by atoms with Crippen LogP contribution in [-0.2, 0) is 0 Å². The Morgan fingerprint density at radius 1 is 0.828 bits per heavy atom. The first kappa shape index (κ1) is 19.0. The molecule has 0 aliphatic carbocycles. The van der Waals surface area contributed by atoms with Crippen molar-refractivity contribution in [1.82, 2.24) is 0 Å². The minimum Gasteiger partial charge on any atom is -0.370 e. The Bertz CT molecular complexity index is 1030. The van der Waals surface area contributed by atoms with Crippen LogP contribution in [0.2, 0.25) is 0 Å². The highest BCUT2D eigenvalue weighted by Crippen LogP contribution is 2.33. The van der Waals surface area contributed by atoms with Gasteiger partial charge in [0.15, 0.2) is 0 Å². The summed E-state index contributed by atoms with van der Waals surface area (Å²) < 4.78 is 0. The summed E-state index contributed by atoms with van der Waals surface area (Å²) in [6.45, 7) is 4.15. The van der Waals surface area contributed by atoms with Gasteiger partial charge in [0, 0.05) is 13.1 Å². The van der Waals surface area contributed by atoms with Gasteiger partial charge in [0.1, 0.15) is 6.07 Å². The first-order chi connectivity index (χ1) is 14.2. The van der Waals surface area contributed by atoms with E-state index in [1.807, 2.05) is 18.2 Å². The van der Waals surface area contributed by atoms with E-state index in [-0.39, 0.29) is 0 Å². The van der Waals surface area contributed by atoms with Crippen LogP contribution >= 0.6 is 0 Å². The average molecular weight is 379 g/mol. The van der Waals surface area contributed by atoms with Crippen LogP contribution in [0.25, 0.3) is 23.3 Å². The lowest BCUT2D eigenvalue weighted by molar-refractivity contribution is 0.577. The zero-order chi connectivity index (χ0) is 20.1. The van der Waals surface area contributed by atoms with E-state index >= 15 is 0 Å². The number of anilines is 1. The Kier molecular flexibility index (Phi) is 5.77. The molecule has 0 unspecified atom stereocenters. The minimum absolute atomic E-state index is 0.773. The van der Waals surface area contributed by atoms with Crippen molar-refractivity contribution in [2.24, 2.45) is 0 Å². The number of hydrogen-bond donors (Lipinski definition) is 0. The van der Waals surface area contributed by atoms with Crippen molar-refractivity contribution in [1.29, 1.82) is 5.26 Å². The molecular formula is C27H26N2. The van der Waals surface area contributed by atoms with Crippen LogP contribution in [0.3, 0.4) is 0 Å². The Morgan fingerprint density at radius 2 is 1.55 bits per heavy atom. The van der Waals surface area contributed by atoms with Crippen molar-refractivity contribution in [3.05, 3.63) is 89.0 Å². The van der Waals surface area contributed by atoms with Gasteiger partial charge in [0.2, 0.25) is 0 Å². The number of rotatable bonds is 4. The molecule has 1 aliphatic rings. The van der Waals surface area contributed by atoms with Gasteiger partial charge in [0.25, 0.3) is 0 Å². The van der Waals surface area contributed by atoms with Crippen LogP contribution in [0.5, 0.6) is 0 Å². The molecule has 2 heteroatoms. The summed E-state index contributed by atoms with van der Waals surface area (Å²) in [4.78, 5) is 2.39. The number of aryl methyl sites for hydroxylation is 1. The van der Waals surface area contributed by atoms with Crippen LogP contribution in [0.4, 0.5) is 5.69 Å². The summed E-state index contributed by atoms with van der Waals surface area (Å²) in [6, 6.07) is 25.7. The van der Waals surface area contributed by atoms with Crippen molar-refractivity contribution < 1.29 is 0 Å². The monoisotopic (exact) mass is 378 g/mol. The zero-order valence-electron chi connectivity index (χ0n) is 16.9. The van der Waals surface area contributed by atoms with Gasteiger partial charge in [-0.3, -0.25) is 0 Å². The third kappa shape index (κ3) is 4.41. The third-order valence-electron chi connectivity index (χ3n) is 5.60. The number of nitriles is 1. The van der Waals surface area contributed by atoms with Gasteiger partial charge >= 0.3 is 0 Å². The van der Waals surface area contributed by atoms with E-state index in [1.54, 1.807) is 0 Å².